The second-order valence-electron chi connectivity index (χ2n) is 7.45. The van der Waals surface area contributed by atoms with Crippen LogP contribution < -0.4 is 0 Å². The minimum absolute atomic E-state index is 0.0636. The molecule has 1 atom stereocenters. The van der Waals surface area contributed by atoms with E-state index in [1.54, 1.807) is 0 Å². The van der Waals surface area contributed by atoms with Gasteiger partial charge in [-0.3, -0.25) is 14.2 Å². The highest BCUT2D eigenvalue weighted by atomic mass is 35.5. The van der Waals surface area contributed by atoms with Crippen molar-refractivity contribution in [1.29, 1.82) is 0 Å². The van der Waals surface area contributed by atoms with Crippen LogP contribution in [-0.4, -0.2) is 26.7 Å². The number of carbonyl (C=O) groups excluding carboxylic acids is 1. The summed E-state index contributed by atoms with van der Waals surface area (Å²) >= 11 is 5.88. The molecule has 0 spiro atoms. The summed E-state index contributed by atoms with van der Waals surface area (Å²) in [6.45, 7) is 3.46. The molecule has 0 saturated heterocycles. The van der Waals surface area contributed by atoms with E-state index < -0.39 is 35.2 Å². The molecule has 1 aromatic heterocycles. The maximum atomic E-state index is 15.0. The summed E-state index contributed by atoms with van der Waals surface area (Å²) in [4.78, 5) is 25.3. The lowest BCUT2D eigenvalue weighted by atomic mass is 9.90. The normalized spacial score (nSPS) is 12.3. The van der Waals surface area contributed by atoms with Gasteiger partial charge in [0.2, 0.25) is 0 Å². The quantitative estimate of drug-likeness (QED) is 0.432. The SMILES string of the molecule is CCCCC[C@H](C(=O)O)c1c(C)n(C(=O)c2ccc(Cl)cc2)c2cc(F)c(O)c(F)c12. The number of fused-ring (bicyclic) bond motifs is 1. The molecule has 2 N–H and O–H groups in total. The van der Waals surface area contributed by atoms with Gasteiger partial charge in [-0.1, -0.05) is 37.8 Å². The lowest BCUT2D eigenvalue weighted by Gasteiger charge is -2.14. The van der Waals surface area contributed by atoms with E-state index in [9.17, 15) is 24.2 Å². The first-order valence-electron chi connectivity index (χ1n) is 9.93. The van der Waals surface area contributed by atoms with E-state index in [4.69, 9.17) is 11.6 Å². The number of hydrogen-bond acceptors (Lipinski definition) is 3. The van der Waals surface area contributed by atoms with Gasteiger partial charge in [0, 0.05) is 27.7 Å². The number of aromatic nitrogens is 1. The number of aliphatic carboxylic acids is 1. The molecule has 0 fully saturated rings. The van der Waals surface area contributed by atoms with Crippen LogP contribution >= 0.6 is 11.6 Å². The highest BCUT2D eigenvalue weighted by Crippen LogP contribution is 2.40. The van der Waals surface area contributed by atoms with Crippen LogP contribution in [0, 0.1) is 18.6 Å². The number of carbonyl (C=O) groups is 2. The molecular formula is C23H22ClF2NO4. The minimum atomic E-state index is -1.28. The largest absolute Gasteiger partial charge is 0.503 e. The number of unbranched alkanes of at least 4 members (excludes halogenated alkanes) is 2. The van der Waals surface area contributed by atoms with Crippen LogP contribution in [0.15, 0.2) is 30.3 Å². The van der Waals surface area contributed by atoms with E-state index in [0.717, 1.165) is 23.5 Å². The van der Waals surface area contributed by atoms with Crippen molar-refractivity contribution in [1.82, 2.24) is 4.57 Å². The first-order valence-corrected chi connectivity index (χ1v) is 10.3. The topological polar surface area (TPSA) is 79.5 Å². The Balaban J connectivity index is 2.31. The highest BCUT2D eigenvalue weighted by Gasteiger charge is 2.32. The van der Waals surface area contributed by atoms with Crippen molar-refractivity contribution in [3.05, 3.63) is 63.8 Å². The number of aromatic hydroxyl groups is 1. The van der Waals surface area contributed by atoms with E-state index in [-0.39, 0.29) is 34.1 Å². The molecule has 0 aliphatic rings. The number of phenols is 1. The maximum Gasteiger partial charge on any atom is 0.311 e. The highest BCUT2D eigenvalue weighted by molar-refractivity contribution is 6.30. The number of benzene rings is 2. The van der Waals surface area contributed by atoms with Gasteiger partial charge >= 0.3 is 5.97 Å². The Kier molecular flexibility index (Phi) is 6.65. The van der Waals surface area contributed by atoms with Crippen molar-refractivity contribution in [3.8, 4) is 5.75 Å². The zero-order valence-electron chi connectivity index (χ0n) is 17.1. The molecular weight excluding hydrogens is 428 g/mol. The number of nitrogens with zero attached hydrogens (tertiary/aromatic N) is 1. The van der Waals surface area contributed by atoms with Crippen LogP contribution in [0.2, 0.25) is 5.02 Å². The summed E-state index contributed by atoms with van der Waals surface area (Å²) < 4.78 is 30.3. The van der Waals surface area contributed by atoms with Crippen LogP contribution in [0.3, 0.4) is 0 Å². The summed E-state index contributed by atoms with van der Waals surface area (Å²) in [5.74, 6) is -6.61. The molecule has 31 heavy (non-hydrogen) atoms. The third-order valence-electron chi connectivity index (χ3n) is 5.45. The van der Waals surface area contributed by atoms with E-state index in [1.165, 1.54) is 31.2 Å². The van der Waals surface area contributed by atoms with Crippen molar-refractivity contribution in [2.75, 3.05) is 0 Å². The third kappa shape index (κ3) is 4.14. The summed E-state index contributed by atoms with van der Waals surface area (Å²) in [6, 6.07) is 6.81. The number of carboxylic acid groups (broad SMARTS) is 1. The molecule has 0 saturated carbocycles. The fraction of sp³-hybridized carbons (Fsp3) is 0.304. The van der Waals surface area contributed by atoms with Crippen LogP contribution in [0.5, 0.6) is 5.75 Å². The van der Waals surface area contributed by atoms with Gasteiger partial charge < -0.3 is 10.2 Å². The molecule has 0 amide bonds. The Morgan fingerprint density at radius 2 is 1.81 bits per heavy atom. The van der Waals surface area contributed by atoms with Crippen molar-refractivity contribution >= 4 is 34.4 Å². The Labute approximate surface area is 182 Å². The molecule has 0 bridgehead atoms. The van der Waals surface area contributed by atoms with Crippen molar-refractivity contribution in [2.45, 2.75) is 45.4 Å². The Morgan fingerprint density at radius 1 is 1.16 bits per heavy atom. The minimum Gasteiger partial charge on any atom is -0.503 e. The van der Waals surface area contributed by atoms with E-state index >= 15 is 4.39 Å². The van der Waals surface area contributed by atoms with Gasteiger partial charge in [-0.25, -0.2) is 8.78 Å². The Morgan fingerprint density at radius 3 is 2.39 bits per heavy atom. The van der Waals surface area contributed by atoms with Crippen molar-refractivity contribution < 1.29 is 28.6 Å². The molecule has 1 heterocycles. The van der Waals surface area contributed by atoms with Crippen LogP contribution in [0.4, 0.5) is 8.78 Å². The molecule has 0 aliphatic carbocycles. The fourth-order valence-electron chi connectivity index (χ4n) is 3.91. The van der Waals surface area contributed by atoms with Crippen molar-refractivity contribution in [2.24, 2.45) is 0 Å². The number of phenolic OH excluding ortho intramolecular Hbond substituents is 1. The van der Waals surface area contributed by atoms with Gasteiger partial charge in [-0.2, -0.15) is 0 Å². The summed E-state index contributed by atoms with van der Waals surface area (Å²) in [7, 11) is 0. The molecule has 0 radical (unpaired) electrons. The number of carboxylic acids is 1. The molecule has 0 unspecified atom stereocenters. The van der Waals surface area contributed by atoms with Crippen LogP contribution in [0.25, 0.3) is 10.9 Å². The lowest BCUT2D eigenvalue weighted by molar-refractivity contribution is -0.139. The molecule has 0 aliphatic heterocycles. The van der Waals surface area contributed by atoms with Gasteiger partial charge in [-0.15, -0.1) is 0 Å². The smallest absolute Gasteiger partial charge is 0.311 e. The standard InChI is InChI=1S/C23H22ClF2NO4/c1-3-4-5-6-15(23(30)31)18-12(2)27(22(29)13-7-9-14(24)10-8-13)17-11-16(25)21(28)20(26)19(17)18/h7-11,15,28H,3-6H2,1-2H3,(H,30,31)/t15-/m0/s1. The maximum absolute atomic E-state index is 15.0. The molecule has 164 valence electrons. The van der Waals surface area contributed by atoms with Crippen molar-refractivity contribution in [3.63, 3.8) is 0 Å². The molecule has 8 heteroatoms. The summed E-state index contributed by atoms with van der Waals surface area (Å²) in [5, 5.41) is 19.8. The third-order valence-corrected chi connectivity index (χ3v) is 5.70. The van der Waals surface area contributed by atoms with Gasteiger partial charge in [0.15, 0.2) is 17.4 Å². The molecule has 2 aromatic carbocycles. The first-order chi connectivity index (χ1) is 14.7. The monoisotopic (exact) mass is 449 g/mol. The van der Waals surface area contributed by atoms with Gasteiger partial charge in [0.05, 0.1) is 11.4 Å². The zero-order chi connectivity index (χ0) is 22.9. The second-order valence-corrected chi connectivity index (χ2v) is 7.88. The summed E-state index contributed by atoms with van der Waals surface area (Å²) in [5.41, 5.74) is 0.321. The predicted molar refractivity (Wildman–Crippen MR) is 114 cm³/mol. The van der Waals surface area contributed by atoms with Gasteiger partial charge in [0.1, 0.15) is 0 Å². The van der Waals surface area contributed by atoms with Crippen LogP contribution in [-0.2, 0) is 4.79 Å². The van der Waals surface area contributed by atoms with Gasteiger partial charge in [0.25, 0.3) is 5.91 Å². The van der Waals surface area contributed by atoms with Gasteiger partial charge in [-0.05, 0) is 43.2 Å². The van der Waals surface area contributed by atoms with E-state index in [0.29, 0.717) is 11.4 Å². The fourth-order valence-corrected chi connectivity index (χ4v) is 4.04. The second kappa shape index (κ2) is 9.06. The molecule has 5 nitrogen and oxygen atoms in total. The van der Waals surface area contributed by atoms with Crippen LogP contribution in [0.1, 0.15) is 60.1 Å². The number of hydrogen-bond donors (Lipinski definition) is 2. The zero-order valence-corrected chi connectivity index (χ0v) is 17.8. The number of halogens is 3. The lowest BCUT2D eigenvalue weighted by Crippen LogP contribution is -2.16. The van der Waals surface area contributed by atoms with E-state index in [2.05, 4.69) is 0 Å². The van der Waals surface area contributed by atoms with E-state index in [1.807, 2.05) is 6.92 Å². The number of rotatable bonds is 7. The average molecular weight is 450 g/mol. The predicted octanol–water partition coefficient (Wildman–Crippen LogP) is 6.02. The average Bonchev–Trinajstić information content (AvgIpc) is 3.01. The Bertz CT molecular complexity index is 1160. The molecule has 3 rings (SSSR count). The first kappa shape index (κ1) is 22.7. The summed E-state index contributed by atoms with van der Waals surface area (Å²) in [6.07, 6.45) is 2.45. The Hall–Kier alpha value is -2.93. The molecule has 3 aromatic rings.